The van der Waals surface area contributed by atoms with Crippen LogP contribution in [0.15, 0.2) is 48.5 Å². The molecule has 0 aliphatic carbocycles. The molecule has 0 aliphatic rings. The van der Waals surface area contributed by atoms with Crippen LogP contribution in [0.2, 0.25) is 5.02 Å². The molecule has 22 heavy (non-hydrogen) atoms. The van der Waals surface area contributed by atoms with E-state index in [1.54, 1.807) is 18.2 Å². The van der Waals surface area contributed by atoms with Crippen LogP contribution < -0.4 is 0 Å². The van der Waals surface area contributed by atoms with Gasteiger partial charge in [0.05, 0.1) is 11.2 Å². The van der Waals surface area contributed by atoms with Crippen LogP contribution in [0.1, 0.15) is 22.8 Å². The van der Waals surface area contributed by atoms with Crippen molar-refractivity contribution in [1.82, 2.24) is 4.98 Å². The molecule has 0 atom stereocenters. The van der Waals surface area contributed by atoms with Gasteiger partial charge in [0.2, 0.25) is 0 Å². The zero-order chi connectivity index (χ0) is 15.7. The standard InChI is InChI=1S/C18H13Cl2NO/c1-2-11-3-8-16-14(9-11)15(18(20)22)10-17(21-16)12-4-6-13(19)7-5-12/h3-10H,2H2,1H3. The van der Waals surface area contributed by atoms with E-state index in [-0.39, 0.29) is 0 Å². The fourth-order valence-corrected chi connectivity index (χ4v) is 2.71. The van der Waals surface area contributed by atoms with Crippen LogP contribution in [0.25, 0.3) is 22.2 Å². The molecule has 0 spiro atoms. The second kappa shape index (κ2) is 6.07. The molecule has 110 valence electrons. The minimum Gasteiger partial charge on any atom is -0.276 e. The van der Waals surface area contributed by atoms with Gasteiger partial charge in [-0.05, 0) is 53.9 Å². The number of carbonyl (C=O) groups excluding carboxylic acids is 1. The molecule has 1 heterocycles. The first kappa shape index (κ1) is 15.0. The van der Waals surface area contributed by atoms with Gasteiger partial charge >= 0.3 is 0 Å². The first-order valence-corrected chi connectivity index (χ1v) is 7.73. The Morgan fingerprint density at radius 1 is 1.09 bits per heavy atom. The van der Waals surface area contributed by atoms with Crippen LogP contribution in [0, 0.1) is 0 Å². The summed E-state index contributed by atoms with van der Waals surface area (Å²) in [5, 5.41) is 0.971. The van der Waals surface area contributed by atoms with Gasteiger partial charge in [0.1, 0.15) is 0 Å². The van der Waals surface area contributed by atoms with Gasteiger partial charge in [-0.25, -0.2) is 4.98 Å². The highest BCUT2D eigenvalue weighted by atomic mass is 35.5. The van der Waals surface area contributed by atoms with Crippen molar-refractivity contribution in [1.29, 1.82) is 0 Å². The number of hydrogen-bond donors (Lipinski definition) is 0. The molecule has 2 aromatic carbocycles. The summed E-state index contributed by atoms with van der Waals surface area (Å²) in [6.07, 6.45) is 0.894. The first-order chi connectivity index (χ1) is 10.6. The maximum atomic E-state index is 11.8. The highest BCUT2D eigenvalue weighted by Crippen LogP contribution is 2.27. The zero-order valence-corrected chi connectivity index (χ0v) is 13.4. The SMILES string of the molecule is CCc1ccc2nc(-c3ccc(Cl)cc3)cc(C(=O)Cl)c2c1. The maximum Gasteiger partial charge on any atom is 0.253 e. The third-order valence-electron chi connectivity index (χ3n) is 3.63. The number of aromatic nitrogens is 1. The van der Waals surface area contributed by atoms with E-state index in [1.807, 2.05) is 30.3 Å². The number of carbonyl (C=O) groups is 1. The normalized spacial score (nSPS) is 10.9. The smallest absolute Gasteiger partial charge is 0.253 e. The summed E-state index contributed by atoms with van der Waals surface area (Å²) in [5.41, 5.74) is 3.98. The van der Waals surface area contributed by atoms with Crippen LogP contribution >= 0.6 is 23.2 Å². The van der Waals surface area contributed by atoms with Crippen molar-refractivity contribution in [2.75, 3.05) is 0 Å². The molecular weight excluding hydrogens is 317 g/mol. The Hall–Kier alpha value is -1.90. The molecule has 0 saturated heterocycles. The minimum atomic E-state index is -0.476. The van der Waals surface area contributed by atoms with Gasteiger partial charge in [0.25, 0.3) is 5.24 Å². The summed E-state index contributed by atoms with van der Waals surface area (Å²) in [6.45, 7) is 2.07. The van der Waals surface area contributed by atoms with Crippen LogP contribution in [-0.2, 0) is 6.42 Å². The zero-order valence-electron chi connectivity index (χ0n) is 11.9. The van der Waals surface area contributed by atoms with Gasteiger partial charge in [-0.2, -0.15) is 0 Å². The molecule has 4 heteroatoms. The molecule has 3 rings (SSSR count). The van der Waals surface area contributed by atoms with E-state index in [9.17, 15) is 4.79 Å². The molecule has 0 bridgehead atoms. The van der Waals surface area contributed by atoms with Gasteiger partial charge in [-0.3, -0.25) is 4.79 Å². The van der Waals surface area contributed by atoms with E-state index in [0.29, 0.717) is 16.3 Å². The number of aryl methyl sites for hydroxylation is 1. The quantitative estimate of drug-likeness (QED) is 0.594. The molecule has 0 fully saturated rings. The number of nitrogens with zero attached hydrogens (tertiary/aromatic N) is 1. The summed E-state index contributed by atoms with van der Waals surface area (Å²) < 4.78 is 0. The van der Waals surface area contributed by atoms with Crippen molar-refractivity contribution in [3.63, 3.8) is 0 Å². The predicted octanol–water partition coefficient (Wildman–Crippen LogP) is 5.50. The fourth-order valence-electron chi connectivity index (χ4n) is 2.42. The molecule has 1 aromatic heterocycles. The summed E-state index contributed by atoms with van der Waals surface area (Å²) in [4.78, 5) is 16.5. The Labute approximate surface area is 138 Å². The largest absolute Gasteiger partial charge is 0.276 e. The monoisotopic (exact) mass is 329 g/mol. The number of pyridine rings is 1. The van der Waals surface area contributed by atoms with Crippen LogP contribution in [-0.4, -0.2) is 10.2 Å². The van der Waals surface area contributed by atoms with E-state index in [0.717, 1.165) is 28.5 Å². The highest BCUT2D eigenvalue weighted by Gasteiger charge is 2.12. The molecule has 0 N–H and O–H groups in total. The lowest BCUT2D eigenvalue weighted by Gasteiger charge is -2.09. The van der Waals surface area contributed by atoms with Gasteiger partial charge in [0.15, 0.2) is 0 Å². The molecule has 0 aliphatic heterocycles. The summed E-state index contributed by atoms with van der Waals surface area (Å²) >= 11 is 11.7. The Balaban J connectivity index is 2.25. The predicted molar refractivity (Wildman–Crippen MR) is 91.8 cm³/mol. The number of fused-ring (bicyclic) bond motifs is 1. The number of halogens is 2. The summed E-state index contributed by atoms with van der Waals surface area (Å²) in [7, 11) is 0. The third-order valence-corrected chi connectivity index (χ3v) is 4.09. The lowest BCUT2D eigenvalue weighted by molar-refractivity contribution is 0.108. The fraction of sp³-hybridized carbons (Fsp3) is 0.111. The van der Waals surface area contributed by atoms with Gasteiger partial charge in [-0.1, -0.05) is 36.7 Å². The average Bonchev–Trinajstić information content (AvgIpc) is 2.53. The number of rotatable bonds is 3. The van der Waals surface area contributed by atoms with Crippen molar-refractivity contribution in [3.05, 3.63) is 64.7 Å². The van der Waals surface area contributed by atoms with E-state index < -0.39 is 5.24 Å². The molecule has 0 saturated carbocycles. The average molecular weight is 330 g/mol. The second-order valence-corrected chi connectivity index (χ2v) is 5.82. The first-order valence-electron chi connectivity index (χ1n) is 6.98. The van der Waals surface area contributed by atoms with Crippen molar-refractivity contribution in [2.24, 2.45) is 0 Å². The van der Waals surface area contributed by atoms with Gasteiger partial charge in [-0.15, -0.1) is 0 Å². The number of benzene rings is 2. The summed E-state index contributed by atoms with van der Waals surface area (Å²) in [6, 6.07) is 15.0. The second-order valence-electron chi connectivity index (χ2n) is 5.04. The Bertz CT molecular complexity index is 857. The number of hydrogen-bond acceptors (Lipinski definition) is 2. The molecule has 2 nitrogen and oxygen atoms in total. The van der Waals surface area contributed by atoms with E-state index >= 15 is 0 Å². The molecule has 0 radical (unpaired) electrons. The Kier molecular flexibility index (Phi) is 4.14. The topological polar surface area (TPSA) is 30.0 Å². The highest BCUT2D eigenvalue weighted by molar-refractivity contribution is 6.68. The molecule has 3 aromatic rings. The van der Waals surface area contributed by atoms with E-state index in [4.69, 9.17) is 23.2 Å². The maximum absolute atomic E-state index is 11.8. The van der Waals surface area contributed by atoms with E-state index in [2.05, 4.69) is 11.9 Å². The van der Waals surface area contributed by atoms with Crippen LogP contribution in [0.5, 0.6) is 0 Å². The minimum absolute atomic E-state index is 0.476. The van der Waals surface area contributed by atoms with Crippen LogP contribution in [0.3, 0.4) is 0 Å². The Morgan fingerprint density at radius 3 is 2.45 bits per heavy atom. The van der Waals surface area contributed by atoms with Crippen molar-refractivity contribution in [2.45, 2.75) is 13.3 Å². The van der Waals surface area contributed by atoms with E-state index in [1.165, 1.54) is 0 Å². The van der Waals surface area contributed by atoms with Crippen molar-refractivity contribution >= 4 is 39.3 Å². The van der Waals surface area contributed by atoms with Gasteiger partial charge in [0, 0.05) is 21.5 Å². The van der Waals surface area contributed by atoms with Gasteiger partial charge < -0.3 is 0 Å². The lowest BCUT2D eigenvalue weighted by Crippen LogP contribution is -1.96. The Morgan fingerprint density at radius 2 is 1.82 bits per heavy atom. The lowest BCUT2D eigenvalue weighted by atomic mass is 10.0. The van der Waals surface area contributed by atoms with Crippen LogP contribution in [0.4, 0.5) is 0 Å². The molecule has 0 unspecified atom stereocenters. The molecular formula is C18H13Cl2NO. The summed E-state index contributed by atoms with van der Waals surface area (Å²) in [5.74, 6) is 0. The molecule has 0 amide bonds. The third kappa shape index (κ3) is 2.85. The van der Waals surface area contributed by atoms with Crippen molar-refractivity contribution in [3.8, 4) is 11.3 Å². The van der Waals surface area contributed by atoms with Crippen molar-refractivity contribution < 1.29 is 4.79 Å².